The van der Waals surface area contributed by atoms with E-state index in [1.807, 2.05) is 11.3 Å². The lowest BCUT2D eigenvalue weighted by Gasteiger charge is -2.29. The number of hydrogen-bond acceptors (Lipinski definition) is 2. The molecule has 0 N–H and O–H groups in total. The third kappa shape index (κ3) is 5.03. The van der Waals surface area contributed by atoms with E-state index in [-0.39, 0.29) is 5.41 Å². The summed E-state index contributed by atoms with van der Waals surface area (Å²) in [4.78, 5) is 2.50. The molecule has 0 spiro atoms. The standard InChI is InChI=1S/C45H45NS/c1-45(2)41-27-36(25-26-37(41)39-28-40-38-15-9-10-16-43(38)47-44(40)29-42(39)45)46(34-21-17-32(18-22-34)30-11-5-3-6-12-30)35-23-19-33(20-24-35)31-13-7-4-8-14-31/h9-10,15-31H,3-8,11-14H2,1-2H3. The van der Waals surface area contributed by atoms with E-state index in [1.165, 1.54) is 135 Å². The van der Waals surface area contributed by atoms with E-state index in [1.54, 1.807) is 0 Å². The number of rotatable bonds is 5. The van der Waals surface area contributed by atoms with Crippen molar-refractivity contribution in [3.8, 4) is 11.1 Å². The Balaban J connectivity index is 1.13. The lowest BCUT2D eigenvalue weighted by molar-refractivity contribution is 0.443. The molecule has 3 aliphatic carbocycles. The number of benzene rings is 5. The minimum atomic E-state index is -0.0770. The van der Waals surface area contributed by atoms with Gasteiger partial charge in [0, 0.05) is 42.6 Å². The van der Waals surface area contributed by atoms with E-state index in [0.717, 1.165) is 0 Å². The first-order valence-electron chi connectivity index (χ1n) is 18.2. The van der Waals surface area contributed by atoms with Crippen molar-refractivity contribution in [2.24, 2.45) is 0 Å². The zero-order valence-electron chi connectivity index (χ0n) is 27.9. The Morgan fingerprint density at radius 1 is 0.511 bits per heavy atom. The molecule has 0 radical (unpaired) electrons. The van der Waals surface area contributed by atoms with Gasteiger partial charge >= 0.3 is 0 Å². The Hall–Kier alpha value is -3.88. The minimum absolute atomic E-state index is 0.0770. The van der Waals surface area contributed by atoms with Gasteiger partial charge in [-0.15, -0.1) is 11.3 Å². The van der Waals surface area contributed by atoms with Crippen LogP contribution >= 0.6 is 11.3 Å². The van der Waals surface area contributed by atoms with E-state index in [0.29, 0.717) is 11.8 Å². The maximum Gasteiger partial charge on any atom is 0.0465 e. The van der Waals surface area contributed by atoms with Crippen molar-refractivity contribution in [1.29, 1.82) is 0 Å². The van der Waals surface area contributed by atoms with E-state index in [2.05, 4.69) is 122 Å². The molecule has 47 heavy (non-hydrogen) atoms. The summed E-state index contributed by atoms with van der Waals surface area (Å²) in [5.74, 6) is 1.43. The van der Waals surface area contributed by atoms with Crippen molar-refractivity contribution in [1.82, 2.24) is 0 Å². The van der Waals surface area contributed by atoms with Gasteiger partial charge in [0.05, 0.1) is 0 Å². The minimum Gasteiger partial charge on any atom is -0.310 e. The van der Waals surface area contributed by atoms with Crippen LogP contribution in [0, 0.1) is 0 Å². The predicted molar refractivity (Wildman–Crippen MR) is 203 cm³/mol. The Kier molecular flexibility index (Phi) is 7.27. The van der Waals surface area contributed by atoms with E-state index in [9.17, 15) is 0 Å². The Bertz CT molecular complexity index is 2010. The molecule has 0 atom stereocenters. The van der Waals surface area contributed by atoms with E-state index >= 15 is 0 Å². The monoisotopic (exact) mass is 631 g/mol. The lowest BCUT2D eigenvalue weighted by atomic mass is 9.82. The van der Waals surface area contributed by atoms with Crippen LogP contribution in [-0.2, 0) is 5.41 Å². The Labute approximate surface area is 284 Å². The molecule has 0 amide bonds. The van der Waals surface area contributed by atoms with E-state index in [4.69, 9.17) is 0 Å². The molecule has 236 valence electrons. The molecular weight excluding hydrogens is 587 g/mol. The summed E-state index contributed by atoms with van der Waals surface area (Å²) >= 11 is 1.92. The second-order valence-electron chi connectivity index (χ2n) is 15.0. The number of fused-ring (bicyclic) bond motifs is 6. The van der Waals surface area contributed by atoms with Crippen LogP contribution in [0.1, 0.15) is 112 Å². The van der Waals surface area contributed by atoms with Gasteiger partial charge in [0.2, 0.25) is 0 Å². The first kappa shape index (κ1) is 29.3. The normalized spacial score (nSPS) is 18.0. The van der Waals surface area contributed by atoms with Crippen LogP contribution in [0.3, 0.4) is 0 Å². The third-order valence-corrected chi connectivity index (χ3v) is 13.0. The molecule has 0 aliphatic heterocycles. The smallest absolute Gasteiger partial charge is 0.0465 e. The van der Waals surface area contributed by atoms with Crippen molar-refractivity contribution in [3.05, 3.63) is 125 Å². The summed E-state index contributed by atoms with van der Waals surface area (Å²) in [6, 6.07) is 40.3. The molecule has 2 fully saturated rings. The summed E-state index contributed by atoms with van der Waals surface area (Å²) in [5.41, 5.74) is 12.3. The average Bonchev–Trinajstić information content (AvgIpc) is 3.60. The zero-order valence-corrected chi connectivity index (χ0v) is 28.7. The van der Waals surface area contributed by atoms with Crippen molar-refractivity contribution in [3.63, 3.8) is 0 Å². The van der Waals surface area contributed by atoms with Crippen molar-refractivity contribution < 1.29 is 0 Å². The van der Waals surface area contributed by atoms with Crippen molar-refractivity contribution >= 4 is 48.6 Å². The summed E-state index contributed by atoms with van der Waals surface area (Å²) in [5, 5.41) is 2.76. The van der Waals surface area contributed by atoms with Crippen LogP contribution < -0.4 is 4.90 Å². The number of thiophene rings is 1. The zero-order chi connectivity index (χ0) is 31.5. The van der Waals surface area contributed by atoms with Crippen LogP contribution in [0.5, 0.6) is 0 Å². The Morgan fingerprint density at radius 3 is 1.68 bits per heavy atom. The number of nitrogens with zero attached hydrogens (tertiary/aromatic N) is 1. The highest BCUT2D eigenvalue weighted by molar-refractivity contribution is 7.25. The first-order valence-corrected chi connectivity index (χ1v) is 19.0. The Morgan fingerprint density at radius 2 is 1.06 bits per heavy atom. The van der Waals surface area contributed by atoms with Crippen molar-refractivity contribution in [2.75, 3.05) is 4.90 Å². The second kappa shape index (κ2) is 11.7. The molecule has 9 rings (SSSR count). The summed E-state index contributed by atoms with van der Waals surface area (Å²) < 4.78 is 2.77. The quantitative estimate of drug-likeness (QED) is 0.183. The summed E-state index contributed by atoms with van der Waals surface area (Å²) in [7, 11) is 0. The van der Waals surface area contributed by atoms with Crippen molar-refractivity contribution in [2.45, 2.75) is 95.3 Å². The lowest BCUT2D eigenvalue weighted by Crippen LogP contribution is -2.16. The molecule has 1 heterocycles. The number of anilines is 3. The fraction of sp³-hybridized carbons (Fsp3) is 0.333. The SMILES string of the molecule is CC1(C)c2cc(N(c3ccc(C4CCCCC4)cc3)c3ccc(C4CCCCC4)cc3)ccc2-c2cc3c(cc21)sc1ccccc13. The largest absolute Gasteiger partial charge is 0.310 e. The van der Waals surface area contributed by atoms with Gasteiger partial charge in [-0.1, -0.05) is 101 Å². The molecule has 0 bridgehead atoms. The van der Waals surface area contributed by atoms with Gasteiger partial charge in [-0.25, -0.2) is 0 Å². The molecule has 6 aromatic rings. The van der Waals surface area contributed by atoms with Crippen LogP contribution in [0.4, 0.5) is 17.1 Å². The van der Waals surface area contributed by atoms with Gasteiger partial charge < -0.3 is 4.90 Å². The molecule has 0 unspecified atom stereocenters. The van der Waals surface area contributed by atoms with Gasteiger partial charge in [-0.2, -0.15) is 0 Å². The van der Waals surface area contributed by atoms with Gasteiger partial charge in [0.25, 0.3) is 0 Å². The predicted octanol–water partition coefficient (Wildman–Crippen LogP) is 13.9. The molecule has 1 aromatic heterocycles. The van der Waals surface area contributed by atoms with Crippen LogP contribution in [-0.4, -0.2) is 0 Å². The van der Waals surface area contributed by atoms with Crippen LogP contribution in [0.25, 0.3) is 31.3 Å². The highest BCUT2D eigenvalue weighted by Crippen LogP contribution is 2.53. The summed E-state index contributed by atoms with van der Waals surface area (Å²) in [6.07, 6.45) is 13.6. The molecule has 2 saturated carbocycles. The average molecular weight is 632 g/mol. The second-order valence-corrected chi connectivity index (χ2v) is 16.1. The topological polar surface area (TPSA) is 3.24 Å². The highest BCUT2D eigenvalue weighted by Gasteiger charge is 2.37. The van der Waals surface area contributed by atoms with Crippen LogP contribution in [0.2, 0.25) is 0 Å². The van der Waals surface area contributed by atoms with Gasteiger partial charge in [0.15, 0.2) is 0 Å². The molecule has 1 nitrogen and oxygen atoms in total. The number of hydrogen-bond donors (Lipinski definition) is 0. The first-order chi connectivity index (χ1) is 23.0. The van der Waals surface area contributed by atoms with Crippen LogP contribution in [0.15, 0.2) is 103 Å². The highest BCUT2D eigenvalue weighted by atomic mass is 32.1. The molecule has 2 heteroatoms. The maximum atomic E-state index is 2.50. The fourth-order valence-corrected chi connectivity index (χ4v) is 10.3. The molecular formula is C45H45NS. The van der Waals surface area contributed by atoms with Gasteiger partial charge in [0.1, 0.15) is 0 Å². The maximum absolute atomic E-state index is 2.50. The summed E-state index contributed by atoms with van der Waals surface area (Å²) in [6.45, 7) is 4.84. The fourth-order valence-electron chi connectivity index (χ4n) is 9.19. The molecule has 3 aliphatic rings. The molecule has 5 aromatic carbocycles. The van der Waals surface area contributed by atoms with Gasteiger partial charge in [-0.3, -0.25) is 0 Å². The third-order valence-electron chi connectivity index (χ3n) is 11.9. The van der Waals surface area contributed by atoms with E-state index < -0.39 is 0 Å². The molecule has 0 saturated heterocycles. The van der Waals surface area contributed by atoms with Gasteiger partial charge in [-0.05, 0) is 125 Å².